The van der Waals surface area contributed by atoms with Crippen LogP contribution in [0.25, 0.3) is 0 Å². The van der Waals surface area contributed by atoms with Gasteiger partial charge in [-0.25, -0.2) is 0 Å². The van der Waals surface area contributed by atoms with E-state index in [1.807, 2.05) is 0 Å². The van der Waals surface area contributed by atoms with Crippen molar-refractivity contribution in [2.75, 3.05) is 13.2 Å². The molecule has 1 saturated heterocycles. The molecule has 2 N–H and O–H groups in total. The zero-order valence-electron chi connectivity index (χ0n) is 7.37. The number of nitrogens with two attached hydrogens (primary N) is 1. The Hall–Kier alpha value is -0.120. The van der Waals surface area contributed by atoms with Crippen molar-refractivity contribution in [3.05, 3.63) is 0 Å². The fraction of sp³-hybridized carbons (Fsp3) is 1.00. The Morgan fingerprint density at radius 3 is 2.42 bits per heavy atom. The van der Waals surface area contributed by atoms with E-state index in [9.17, 15) is 0 Å². The number of hydrogen-bond donors (Lipinski definition) is 1. The van der Waals surface area contributed by atoms with Gasteiger partial charge in [0, 0.05) is 12.5 Å². The third-order valence-electron chi connectivity index (χ3n) is 2.52. The standard InChI is InChI=1S/C9H17NO2/c10-8(5-7-1-2-7)6-9-11-3-4-12-9/h7-9H,1-6,10H2. The maximum Gasteiger partial charge on any atom is 0.159 e. The average molecular weight is 171 g/mol. The summed E-state index contributed by atoms with van der Waals surface area (Å²) in [6, 6.07) is 0.278. The molecule has 0 aromatic heterocycles. The number of hydrogen-bond acceptors (Lipinski definition) is 3. The van der Waals surface area contributed by atoms with E-state index in [0.29, 0.717) is 0 Å². The lowest BCUT2D eigenvalue weighted by Crippen LogP contribution is -2.27. The molecule has 0 amide bonds. The van der Waals surface area contributed by atoms with Crippen LogP contribution in [-0.4, -0.2) is 25.5 Å². The minimum atomic E-state index is -0.0150. The van der Waals surface area contributed by atoms with Crippen LogP contribution in [0.5, 0.6) is 0 Å². The van der Waals surface area contributed by atoms with Crippen molar-refractivity contribution < 1.29 is 9.47 Å². The van der Waals surface area contributed by atoms with E-state index in [1.54, 1.807) is 0 Å². The molecule has 0 bridgehead atoms. The molecule has 70 valence electrons. The lowest BCUT2D eigenvalue weighted by Gasteiger charge is -2.14. The summed E-state index contributed by atoms with van der Waals surface area (Å²) < 4.78 is 10.6. The van der Waals surface area contributed by atoms with E-state index in [0.717, 1.165) is 32.0 Å². The van der Waals surface area contributed by atoms with Crippen molar-refractivity contribution in [3.63, 3.8) is 0 Å². The Kier molecular flexibility index (Phi) is 2.63. The first-order valence-electron chi connectivity index (χ1n) is 4.83. The molecule has 0 aromatic carbocycles. The SMILES string of the molecule is NC(CC1CC1)CC1OCCO1. The van der Waals surface area contributed by atoms with Crippen LogP contribution in [-0.2, 0) is 9.47 Å². The van der Waals surface area contributed by atoms with E-state index in [-0.39, 0.29) is 12.3 Å². The lowest BCUT2D eigenvalue weighted by atomic mass is 10.1. The van der Waals surface area contributed by atoms with E-state index >= 15 is 0 Å². The molecule has 1 aliphatic heterocycles. The Morgan fingerprint density at radius 1 is 1.17 bits per heavy atom. The molecular formula is C9H17NO2. The van der Waals surface area contributed by atoms with Crippen molar-refractivity contribution in [2.24, 2.45) is 11.7 Å². The summed E-state index contributed by atoms with van der Waals surface area (Å²) in [5.74, 6) is 0.904. The molecule has 0 aromatic rings. The van der Waals surface area contributed by atoms with Gasteiger partial charge in [-0.2, -0.15) is 0 Å². The van der Waals surface area contributed by atoms with Crippen molar-refractivity contribution in [1.82, 2.24) is 0 Å². The molecular weight excluding hydrogens is 154 g/mol. The van der Waals surface area contributed by atoms with Crippen LogP contribution in [0.2, 0.25) is 0 Å². The summed E-state index contributed by atoms with van der Waals surface area (Å²) >= 11 is 0. The van der Waals surface area contributed by atoms with Gasteiger partial charge in [-0.1, -0.05) is 12.8 Å². The topological polar surface area (TPSA) is 44.5 Å². The van der Waals surface area contributed by atoms with E-state index in [1.165, 1.54) is 12.8 Å². The molecule has 0 spiro atoms. The molecule has 2 fully saturated rings. The summed E-state index contributed by atoms with van der Waals surface area (Å²) in [6.07, 6.45) is 4.76. The van der Waals surface area contributed by atoms with Gasteiger partial charge in [0.15, 0.2) is 6.29 Å². The van der Waals surface area contributed by atoms with Gasteiger partial charge >= 0.3 is 0 Å². The number of ether oxygens (including phenoxy) is 2. The fourth-order valence-electron chi connectivity index (χ4n) is 1.67. The summed E-state index contributed by atoms with van der Waals surface area (Å²) in [5, 5.41) is 0. The summed E-state index contributed by atoms with van der Waals surface area (Å²) in [4.78, 5) is 0. The molecule has 1 saturated carbocycles. The molecule has 0 radical (unpaired) electrons. The Morgan fingerprint density at radius 2 is 1.83 bits per heavy atom. The van der Waals surface area contributed by atoms with Gasteiger partial charge < -0.3 is 15.2 Å². The minimum Gasteiger partial charge on any atom is -0.350 e. The molecule has 3 heteroatoms. The van der Waals surface area contributed by atoms with Crippen LogP contribution in [0.4, 0.5) is 0 Å². The third kappa shape index (κ3) is 2.44. The monoisotopic (exact) mass is 171 g/mol. The summed E-state index contributed by atoms with van der Waals surface area (Å²) in [7, 11) is 0. The van der Waals surface area contributed by atoms with Gasteiger partial charge in [-0.15, -0.1) is 0 Å². The second kappa shape index (κ2) is 3.73. The lowest BCUT2D eigenvalue weighted by molar-refractivity contribution is -0.0511. The first-order valence-corrected chi connectivity index (χ1v) is 4.83. The zero-order valence-corrected chi connectivity index (χ0v) is 7.37. The predicted octanol–water partition coefficient (Wildman–Crippen LogP) is 0.877. The molecule has 2 aliphatic rings. The first kappa shape index (κ1) is 8.48. The van der Waals surface area contributed by atoms with E-state index < -0.39 is 0 Å². The molecule has 1 unspecified atom stereocenters. The maximum absolute atomic E-state index is 5.93. The van der Waals surface area contributed by atoms with Crippen LogP contribution in [0.15, 0.2) is 0 Å². The Balaban J connectivity index is 1.62. The van der Waals surface area contributed by atoms with Gasteiger partial charge in [0.2, 0.25) is 0 Å². The highest BCUT2D eigenvalue weighted by atomic mass is 16.7. The van der Waals surface area contributed by atoms with Gasteiger partial charge in [0.1, 0.15) is 0 Å². The van der Waals surface area contributed by atoms with Gasteiger partial charge in [-0.05, 0) is 12.3 Å². The Bertz CT molecular complexity index is 141. The van der Waals surface area contributed by atoms with Crippen molar-refractivity contribution >= 4 is 0 Å². The van der Waals surface area contributed by atoms with Crippen molar-refractivity contribution in [2.45, 2.75) is 38.0 Å². The largest absolute Gasteiger partial charge is 0.350 e. The molecule has 1 aliphatic carbocycles. The van der Waals surface area contributed by atoms with Crippen LogP contribution in [0, 0.1) is 5.92 Å². The van der Waals surface area contributed by atoms with E-state index in [4.69, 9.17) is 15.2 Å². The van der Waals surface area contributed by atoms with Crippen molar-refractivity contribution in [3.8, 4) is 0 Å². The maximum atomic E-state index is 5.93. The van der Waals surface area contributed by atoms with Gasteiger partial charge in [0.05, 0.1) is 13.2 Å². The highest BCUT2D eigenvalue weighted by Gasteiger charge is 2.26. The smallest absolute Gasteiger partial charge is 0.159 e. The first-order chi connectivity index (χ1) is 5.84. The highest BCUT2D eigenvalue weighted by Crippen LogP contribution is 2.34. The summed E-state index contributed by atoms with van der Waals surface area (Å²) in [5.41, 5.74) is 5.93. The van der Waals surface area contributed by atoms with Gasteiger partial charge in [0.25, 0.3) is 0 Å². The zero-order chi connectivity index (χ0) is 8.39. The highest BCUT2D eigenvalue weighted by molar-refractivity contribution is 4.79. The molecule has 2 rings (SSSR count). The van der Waals surface area contributed by atoms with E-state index in [2.05, 4.69) is 0 Å². The minimum absolute atomic E-state index is 0.0150. The molecule has 12 heavy (non-hydrogen) atoms. The second-order valence-corrected chi connectivity index (χ2v) is 3.85. The number of rotatable bonds is 4. The quantitative estimate of drug-likeness (QED) is 0.682. The average Bonchev–Trinajstić information content (AvgIpc) is 2.66. The Labute approximate surface area is 73.2 Å². The second-order valence-electron chi connectivity index (χ2n) is 3.85. The predicted molar refractivity (Wildman–Crippen MR) is 45.6 cm³/mol. The molecule has 3 nitrogen and oxygen atoms in total. The van der Waals surface area contributed by atoms with Gasteiger partial charge in [-0.3, -0.25) is 0 Å². The fourth-order valence-corrected chi connectivity index (χ4v) is 1.67. The van der Waals surface area contributed by atoms with Crippen molar-refractivity contribution in [1.29, 1.82) is 0 Å². The van der Waals surface area contributed by atoms with Crippen LogP contribution >= 0.6 is 0 Å². The normalized spacial score (nSPS) is 27.8. The van der Waals surface area contributed by atoms with Crippen LogP contribution in [0.3, 0.4) is 0 Å². The van der Waals surface area contributed by atoms with Crippen LogP contribution < -0.4 is 5.73 Å². The molecule has 1 atom stereocenters. The third-order valence-corrected chi connectivity index (χ3v) is 2.52. The van der Waals surface area contributed by atoms with Crippen LogP contribution in [0.1, 0.15) is 25.7 Å². The summed E-state index contributed by atoms with van der Waals surface area (Å²) in [6.45, 7) is 1.47. The molecule has 1 heterocycles.